The third-order valence-corrected chi connectivity index (χ3v) is 5.03. The number of rotatable bonds is 3. The quantitative estimate of drug-likeness (QED) is 0.811. The van der Waals surface area contributed by atoms with Crippen molar-refractivity contribution >= 4 is 0 Å². The lowest BCUT2D eigenvalue weighted by atomic mass is 9.73. The lowest BCUT2D eigenvalue weighted by molar-refractivity contribution is -0.147. The van der Waals surface area contributed by atoms with E-state index >= 15 is 0 Å². The summed E-state index contributed by atoms with van der Waals surface area (Å²) >= 11 is 0. The maximum atomic E-state index is 6.01. The van der Waals surface area contributed by atoms with Gasteiger partial charge in [0.15, 0.2) is 0 Å². The van der Waals surface area contributed by atoms with Gasteiger partial charge in [0.05, 0.1) is 5.60 Å². The summed E-state index contributed by atoms with van der Waals surface area (Å²) in [6, 6.07) is 1.49. The zero-order valence-corrected chi connectivity index (χ0v) is 11.1. The first-order valence-corrected chi connectivity index (χ1v) is 7.35. The topological polar surface area (TPSA) is 24.5 Å². The van der Waals surface area contributed by atoms with Crippen LogP contribution in [0.2, 0.25) is 0 Å². The van der Waals surface area contributed by atoms with Crippen LogP contribution in [0, 0.1) is 0 Å². The molecular formula is C14H26N2O. The first kappa shape index (κ1) is 11.9. The van der Waals surface area contributed by atoms with E-state index in [0.29, 0.717) is 5.60 Å². The molecule has 0 amide bonds. The summed E-state index contributed by atoms with van der Waals surface area (Å²) in [6.07, 6.45) is 9.20. The highest BCUT2D eigenvalue weighted by molar-refractivity contribution is 4.96. The average Bonchev–Trinajstić information content (AvgIpc) is 2.80. The Bertz CT molecular complexity index is 259. The molecule has 0 aromatic carbocycles. The van der Waals surface area contributed by atoms with Crippen molar-refractivity contribution in [3.8, 4) is 0 Å². The Morgan fingerprint density at radius 1 is 1.29 bits per heavy atom. The van der Waals surface area contributed by atoms with Gasteiger partial charge in [-0.3, -0.25) is 0 Å². The number of likely N-dealkylation sites (N-methyl/N-ethyl adjacent to an activating group) is 1. The van der Waals surface area contributed by atoms with Gasteiger partial charge in [0.1, 0.15) is 0 Å². The molecule has 98 valence electrons. The molecule has 1 spiro atoms. The van der Waals surface area contributed by atoms with Crippen molar-refractivity contribution < 1.29 is 4.74 Å². The number of nitrogens with one attached hydrogen (secondary N) is 1. The van der Waals surface area contributed by atoms with E-state index in [1.165, 1.54) is 58.0 Å². The summed E-state index contributed by atoms with van der Waals surface area (Å²) in [6.45, 7) is 3.42. The molecule has 2 saturated heterocycles. The van der Waals surface area contributed by atoms with Crippen LogP contribution in [-0.4, -0.2) is 49.3 Å². The molecule has 1 N–H and O–H groups in total. The largest absolute Gasteiger partial charge is 0.375 e. The van der Waals surface area contributed by atoms with Gasteiger partial charge in [-0.2, -0.15) is 0 Å². The second-order valence-electron chi connectivity index (χ2n) is 6.26. The first-order valence-electron chi connectivity index (χ1n) is 7.35. The predicted octanol–water partition coefficient (Wildman–Crippen LogP) is 1.77. The Kier molecular flexibility index (Phi) is 3.42. The average molecular weight is 238 g/mol. The third-order valence-electron chi connectivity index (χ3n) is 5.03. The summed E-state index contributed by atoms with van der Waals surface area (Å²) in [7, 11) is 2.31. The minimum absolute atomic E-state index is 0.292. The van der Waals surface area contributed by atoms with E-state index in [1.54, 1.807) is 0 Å². The minimum Gasteiger partial charge on any atom is -0.375 e. The Morgan fingerprint density at radius 2 is 2.18 bits per heavy atom. The molecule has 1 saturated carbocycles. The minimum atomic E-state index is 0.292. The lowest BCUT2D eigenvalue weighted by Gasteiger charge is -2.49. The summed E-state index contributed by atoms with van der Waals surface area (Å²) in [5, 5.41) is 3.60. The molecule has 1 aliphatic carbocycles. The van der Waals surface area contributed by atoms with Gasteiger partial charge < -0.3 is 15.0 Å². The SMILES string of the molecule is CN(CC1CCCN1)C1CCOC2(CCC2)C1. The predicted molar refractivity (Wildman–Crippen MR) is 69.2 cm³/mol. The van der Waals surface area contributed by atoms with E-state index in [1.807, 2.05) is 0 Å². The fourth-order valence-electron chi connectivity index (χ4n) is 3.71. The van der Waals surface area contributed by atoms with Crippen molar-refractivity contribution in [2.45, 2.75) is 62.6 Å². The molecule has 17 heavy (non-hydrogen) atoms. The Balaban J connectivity index is 1.52. The highest BCUT2D eigenvalue weighted by atomic mass is 16.5. The molecule has 2 atom stereocenters. The zero-order chi connectivity index (χ0) is 11.7. The fraction of sp³-hybridized carbons (Fsp3) is 1.00. The van der Waals surface area contributed by atoms with Crippen molar-refractivity contribution in [2.75, 3.05) is 26.7 Å². The molecule has 3 nitrogen and oxygen atoms in total. The molecule has 3 aliphatic rings. The van der Waals surface area contributed by atoms with Crippen LogP contribution >= 0.6 is 0 Å². The number of ether oxygens (including phenoxy) is 1. The fourth-order valence-corrected chi connectivity index (χ4v) is 3.71. The second kappa shape index (κ2) is 4.87. The van der Waals surface area contributed by atoms with Crippen molar-refractivity contribution in [3.63, 3.8) is 0 Å². The van der Waals surface area contributed by atoms with Gasteiger partial charge >= 0.3 is 0 Å². The Morgan fingerprint density at radius 3 is 2.82 bits per heavy atom. The van der Waals surface area contributed by atoms with Crippen molar-refractivity contribution in [1.82, 2.24) is 10.2 Å². The highest BCUT2D eigenvalue weighted by Crippen LogP contribution is 2.43. The molecule has 2 heterocycles. The molecule has 3 fully saturated rings. The summed E-state index contributed by atoms with van der Waals surface area (Å²) < 4.78 is 6.01. The normalized spacial score (nSPS) is 36.4. The molecule has 0 radical (unpaired) electrons. The smallest absolute Gasteiger partial charge is 0.0697 e. The van der Waals surface area contributed by atoms with Gasteiger partial charge in [0.25, 0.3) is 0 Å². The van der Waals surface area contributed by atoms with E-state index in [2.05, 4.69) is 17.3 Å². The van der Waals surface area contributed by atoms with E-state index < -0.39 is 0 Å². The van der Waals surface area contributed by atoms with Gasteiger partial charge in [-0.25, -0.2) is 0 Å². The van der Waals surface area contributed by atoms with E-state index in [0.717, 1.165) is 18.7 Å². The third kappa shape index (κ3) is 2.51. The van der Waals surface area contributed by atoms with Crippen LogP contribution < -0.4 is 5.32 Å². The van der Waals surface area contributed by atoms with E-state index in [4.69, 9.17) is 4.74 Å². The molecule has 3 heteroatoms. The number of hydrogen-bond donors (Lipinski definition) is 1. The Hall–Kier alpha value is -0.120. The number of hydrogen-bond acceptors (Lipinski definition) is 3. The van der Waals surface area contributed by atoms with Gasteiger partial charge in [0, 0.05) is 25.2 Å². The molecule has 0 aromatic heterocycles. The van der Waals surface area contributed by atoms with Crippen LogP contribution in [0.4, 0.5) is 0 Å². The van der Waals surface area contributed by atoms with Crippen LogP contribution in [0.25, 0.3) is 0 Å². The summed E-state index contributed by atoms with van der Waals surface area (Å²) in [5.74, 6) is 0. The van der Waals surface area contributed by atoms with Gasteiger partial charge in [-0.1, -0.05) is 0 Å². The van der Waals surface area contributed by atoms with Crippen molar-refractivity contribution in [1.29, 1.82) is 0 Å². The summed E-state index contributed by atoms with van der Waals surface area (Å²) in [4.78, 5) is 2.59. The van der Waals surface area contributed by atoms with Gasteiger partial charge in [0.2, 0.25) is 0 Å². The molecule has 2 aliphatic heterocycles. The van der Waals surface area contributed by atoms with Crippen molar-refractivity contribution in [3.05, 3.63) is 0 Å². The maximum absolute atomic E-state index is 6.01. The van der Waals surface area contributed by atoms with Crippen LogP contribution in [0.1, 0.15) is 44.9 Å². The first-order chi connectivity index (χ1) is 8.27. The molecule has 0 aromatic rings. The van der Waals surface area contributed by atoms with Crippen LogP contribution in [0.3, 0.4) is 0 Å². The standard InChI is InChI=1S/C14H26N2O/c1-16(11-12-4-2-8-15-12)13-5-9-17-14(10-13)6-3-7-14/h12-13,15H,2-11H2,1H3. The van der Waals surface area contributed by atoms with Gasteiger partial charge in [-0.15, -0.1) is 0 Å². The van der Waals surface area contributed by atoms with Gasteiger partial charge in [-0.05, 0) is 58.5 Å². The van der Waals surface area contributed by atoms with Crippen molar-refractivity contribution in [2.24, 2.45) is 0 Å². The zero-order valence-electron chi connectivity index (χ0n) is 11.1. The molecule has 3 rings (SSSR count). The highest BCUT2D eigenvalue weighted by Gasteiger charge is 2.43. The van der Waals surface area contributed by atoms with E-state index in [-0.39, 0.29) is 0 Å². The van der Waals surface area contributed by atoms with Crippen LogP contribution in [0.5, 0.6) is 0 Å². The van der Waals surface area contributed by atoms with Crippen LogP contribution in [-0.2, 0) is 4.74 Å². The van der Waals surface area contributed by atoms with Crippen LogP contribution in [0.15, 0.2) is 0 Å². The molecular weight excluding hydrogens is 212 g/mol. The molecule has 2 unspecified atom stereocenters. The number of nitrogens with zero attached hydrogens (tertiary/aromatic N) is 1. The van der Waals surface area contributed by atoms with E-state index in [9.17, 15) is 0 Å². The Labute approximate surface area is 105 Å². The maximum Gasteiger partial charge on any atom is 0.0697 e. The monoisotopic (exact) mass is 238 g/mol. The lowest BCUT2D eigenvalue weighted by Crippen LogP contribution is -2.52. The molecule has 0 bridgehead atoms. The summed E-state index contributed by atoms with van der Waals surface area (Å²) in [5.41, 5.74) is 0.292. The second-order valence-corrected chi connectivity index (χ2v) is 6.26.